The second-order valence-electron chi connectivity index (χ2n) is 6.01. The number of aromatic nitrogens is 2. The van der Waals surface area contributed by atoms with Gasteiger partial charge in [-0.15, -0.1) is 11.3 Å². The highest BCUT2D eigenvalue weighted by Crippen LogP contribution is 2.35. The molecule has 130 valence electrons. The van der Waals surface area contributed by atoms with E-state index in [0.717, 1.165) is 23.4 Å². The molecule has 0 aliphatic carbocycles. The monoisotopic (exact) mass is 393 g/mol. The Bertz CT molecular complexity index is 961. The fourth-order valence-corrected chi connectivity index (χ4v) is 5.74. The average molecular weight is 394 g/mol. The van der Waals surface area contributed by atoms with Gasteiger partial charge >= 0.3 is 0 Å². The van der Waals surface area contributed by atoms with E-state index in [0.29, 0.717) is 19.0 Å². The maximum absolute atomic E-state index is 12.7. The molecule has 2 aromatic heterocycles. The van der Waals surface area contributed by atoms with E-state index in [9.17, 15) is 8.42 Å². The largest absolute Gasteiger partial charge is 0.244 e. The van der Waals surface area contributed by atoms with Gasteiger partial charge in [0.1, 0.15) is 10.0 Å². The molecule has 1 fully saturated rings. The van der Waals surface area contributed by atoms with Crippen LogP contribution < -0.4 is 0 Å². The number of hydrogen-bond acceptors (Lipinski definition) is 5. The Morgan fingerprint density at radius 2 is 1.88 bits per heavy atom. The molecule has 0 unspecified atom stereocenters. The molecule has 0 radical (unpaired) electrons. The SMILES string of the molecule is O=S(=O)(c1ccc(Cl)nc1)N1CCC(c2nc3ccccc3s2)CC1. The van der Waals surface area contributed by atoms with Gasteiger partial charge in [-0.05, 0) is 37.1 Å². The topological polar surface area (TPSA) is 63.2 Å². The van der Waals surface area contributed by atoms with Crippen molar-refractivity contribution in [3.8, 4) is 0 Å². The Balaban J connectivity index is 1.50. The fourth-order valence-electron chi connectivity index (χ4n) is 3.07. The van der Waals surface area contributed by atoms with E-state index in [1.165, 1.54) is 27.3 Å². The van der Waals surface area contributed by atoms with Crippen LogP contribution in [0.1, 0.15) is 23.8 Å². The van der Waals surface area contributed by atoms with Crippen LogP contribution >= 0.6 is 22.9 Å². The van der Waals surface area contributed by atoms with Gasteiger partial charge < -0.3 is 0 Å². The minimum Gasteiger partial charge on any atom is -0.243 e. The van der Waals surface area contributed by atoms with Gasteiger partial charge in [-0.2, -0.15) is 4.31 Å². The zero-order valence-electron chi connectivity index (χ0n) is 13.3. The molecule has 5 nitrogen and oxygen atoms in total. The molecule has 1 aliphatic heterocycles. The Labute approximate surface area is 155 Å². The molecule has 0 bridgehead atoms. The van der Waals surface area contributed by atoms with Crippen molar-refractivity contribution in [3.05, 3.63) is 52.8 Å². The number of halogens is 1. The molecule has 3 aromatic rings. The average Bonchev–Trinajstić information content (AvgIpc) is 3.06. The second-order valence-corrected chi connectivity index (χ2v) is 9.40. The van der Waals surface area contributed by atoms with Crippen molar-refractivity contribution >= 4 is 43.2 Å². The minimum atomic E-state index is -3.51. The number of piperidine rings is 1. The van der Waals surface area contributed by atoms with E-state index in [1.54, 1.807) is 11.3 Å². The predicted octanol–water partition coefficient (Wildman–Crippen LogP) is 3.91. The zero-order chi connectivity index (χ0) is 17.4. The molecule has 1 saturated heterocycles. The molecule has 0 amide bonds. The summed E-state index contributed by atoms with van der Waals surface area (Å²) in [6, 6.07) is 11.1. The Kier molecular flexibility index (Phi) is 4.49. The molecule has 3 heterocycles. The lowest BCUT2D eigenvalue weighted by Crippen LogP contribution is -2.37. The van der Waals surface area contributed by atoms with Crippen molar-refractivity contribution in [3.63, 3.8) is 0 Å². The van der Waals surface area contributed by atoms with E-state index in [2.05, 4.69) is 11.1 Å². The molecule has 0 atom stereocenters. The summed E-state index contributed by atoms with van der Waals surface area (Å²) in [6.07, 6.45) is 2.87. The van der Waals surface area contributed by atoms with Crippen LogP contribution in [0.25, 0.3) is 10.2 Å². The van der Waals surface area contributed by atoms with Crippen LogP contribution in [0.15, 0.2) is 47.5 Å². The molecule has 0 N–H and O–H groups in total. The van der Waals surface area contributed by atoms with E-state index < -0.39 is 10.0 Å². The number of para-hydroxylation sites is 1. The van der Waals surface area contributed by atoms with E-state index >= 15 is 0 Å². The van der Waals surface area contributed by atoms with Gasteiger partial charge in [-0.3, -0.25) is 0 Å². The lowest BCUT2D eigenvalue weighted by atomic mass is 9.99. The van der Waals surface area contributed by atoms with Crippen LogP contribution in [0, 0.1) is 0 Å². The fraction of sp³-hybridized carbons (Fsp3) is 0.294. The number of pyridine rings is 1. The number of thiazole rings is 1. The number of benzene rings is 1. The van der Waals surface area contributed by atoms with Gasteiger partial charge in [0.2, 0.25) is 10.0 Å². The van der Waals surface area contributed by atoms with Gasteiger partial charge in [0, 0.05) is 25.2 Å². The molecular formula is C17H16ClN3O2S2. The van der Waals surface area contributed by atoms with E-state index in [-0.39, 0.29) is 10.0 Å². The number of nitrogens with zero attached hydrogens (tertiary/aromatic N) is 3. The lowest BCUT2D eigenvalue weighted by molar-refractivity contribution is 0.319. The van der Waals surface area contributed by atoms with Gasteiger partial charge in [0.05, 0.1) is 15.2 Å². The van der Waals surface area contributed by atoms with Gasteiger partial charge in [-0.25, -0.2) is 18.4 Å². The Hall–Kier alpha value is -1.54. The molecule has 1 aliphatic rings. The highest BCUT2D eigenvalue weighted by atomic mass is 35.5. The van der Waals surface area contributed by atoms with Crippen molar-refractivity contribution < 1.29 is 8.42 Å². The smallest absolute Gasteiger partial charge is 0.243 e. The van der Waals surface area contributed by atoms with Crippen LogP contribution in [0.5, 0.6) is 0 Å². The molecular weight excluding hydrogens is 378 g/mol. The van der Waals surface area contributed by atoms with Crippen LogP contribution in [0.2, 0.25) is 5.15 Å². The van der Waals surface area contributed by atoms with Crippen LogP contribution in [0.4, 0.5) is 0 Å². The summed E-state index contributed by atoms with van der Waals surface area (Å²) < 4.78 is 28.1. The first kappa shape index (κ1) is 16.9. The number of sulfonamides is 1. The third kappa shape index (κ3) is 3.29. The predicted molar refractivity (Wildman–Crippen MR) is 99.6 cm³/mol. The molecule has 1 aromatic carbocycles. The van der Waals surface area contributed by atoms with Crippen LogP contribution in [-0.2, 0) is 10.0 Å². The van der Waals surface area contributed by atoms with E-state index in [1.807, 2.05) is 18.2 Å². The number of rotatable bonds is 3. The highest BCUT2D eigenvalue weighted by Gasteiger charge is 2.31. The summed E-state index contributed by atoms with van der Waals surface area (Å²) in [4.78, 5) is 8.79. The quantitative estimate of drug-likeness (QED) is 0.633. The second kappa shape index (κ2) is 6.64. The minimum absolute atomic E-state index is 0.190. The van der Waals surface area contributed by atoms with Crippen LogP contribution in [-0.4, -0.2) is 35.8 Å². The molecule has 8 heteroatoms. The molecule has 4 rings (SSSR count). The summed E-state index contributed by atoms with van der Waals surface area (Å²) >= 11 is 7.45. The maximum Gasteiger partial charge on any atom is 0.244 e. The van der Waals surface area contributed by atoms with Gasteiger partial charge in [0.25, 0.3) is 0 Å². The molecule has 0 saturated carbocycles. The van der Waals surface area contributed by atoms with Gasteiger partial charge in [0.15, 0.2) is 0 Å². The normalized spacial score (nSPS) is 17.2. The van der Waals surface area contributed by atoms with Crippen molar-refractivity contribution in [1.82, 2.24) is 14.3 Å². The zero-order valence-corrected chi connectivity index (χ0v) is 15.7. The summed E-state index contributed by atoms with van der Waals surface area (Å²) in [5.74, 6) is 0.312. The lowest BCUT2D eigenvalue weighted by Gasteiger charge is -2.30. The standard InChI is InChI=1S/C17H16ClN3O2S2/c18-16-6-5-13(11-19-16)25(22,23)21-9-7-12(8-10-21)17-20-14-3-1-2-4-15(14)24-17/h1-6,11-12H,7-10H2. The summed E-state index contributed by atoms with van der Waals surface area (Å²) in [5.41, 5.74) is 1.02. The Morgan fingerprint density at radius 3 is 2.56 bits per heavy atom. The Morgan fingerprint density at radius 1 is 1.12 bits per heavy atom. The van der Waals surface area contributed by atoms with Crippen molar-refractivity contribution in [2.75, 3.05) is 13.1 Å². The first-order chi connectivity index (χ1) is 12.0. The summed E-state index contributed by atoms with van der Waals surface area (Å²) in [5, 5.41) is 1.39. The first-order valence-electron chi connectivity index (χ1n) is 8.01. The number of fused-ring (bicyclic) bond motifs is 1. The first-order valence-corrected chi connectivity index (χ1v) is 10.6. The van der Waals surface area contributed by atoms with Crippen molar-refractivity contribution in [2.45, 2.75) is 23.7 Å². The third-order valence-electron chi connectivity index (χ3n) is 4.45. The highest BCUT2D eigenvalue weighted by molar-refractivity contribution is 7.89. The summed E-state index contributed by atoms with van der Waals surface area (Å²) in [7, 11) is -3.51. The molecule has 25 heavy (non-hydrogen) atoms. The van der Waals surface area contributed by atoms with E-state index in [4.69, 9.17) is 16.6 Å². The summed E-state index contributed by atoms with van der Waals surface area (Å²) in [6.45, 7) is 0.983. The number of hydrogen-bond donors (Lipinski definition) is 0. The third-order valence-corrected chi connectivity index (χ3v) is 7.76. The molecule has 0 spiro atoms. The van der Waals surface area contributed by atoms with Gasteiger partial charge in [-0.1, -0.05) is 23.7 Å². The van der Waals surface area contributed by atoms with Crippen molar-refractivity contribution in [1.29, 1.82) is 0 Å². The maximum atomic E-state index is 12.7. The van der Waals surface area contributed by atoms with Crippen molar-refractivity contribution in [2.24, 2.45) is 0 Å². The van der Waals surface area contributed by atoms with Crippen LogP contribution in [0.3, 0.4) is 0 Å².